The highest BCUT2D eigenvalue weighted by molar-refractivity contribution is 7.92. The van der Waals surface area contributed by atoms with Gasteiger partial charge in [-0.1, -0.05) is 0 Å². The number of methoxy groups -OCH3 is 1. The molecule has 0 spiro atoms. The third kappa shape index (κ3) is 2.78. The molecule has 0 aliphatic rings. The third-order valence-corrected chi connectivity index (χ3v) is 5.62. The molecule has 7 heteroatoms. The number of aromatic nitrogens is 2. The number of sulfonamides is 1. The number of benzene rings is 2. The fourth-order valence-electron chi connectivity index (χ4n) is 2.46. The van der Waals surface area contributed by atoms with Crippen LogP contribution in [0, 0.1) is 6.92 Å². The quantitative estimate of drug-likeness (QED) is 0.728. The Hall–Kier alpha value is -2.67. The van der Waals surface area contributed by atoms with Gasteiger partial charge in [-0.2, -0.15) is 0 Å². The summed E-state index contributed by atoms with van der Waals surface area (Å²) in [6.45, 7) is 1.81. The number of rotatable bonds is 4. The Morgan fingerprint density at radius 3 is 2.38 bits per heavy atom. The summed E-state index contributed by atoms with van der Waals surface area (Å²) < 4.78 is 32.2. The van der Waals surface area contributed by atoms with E-state index in [4.69, 9.17) is 4.74 Å². The van der Waals surface area contributed by atoms with Gasteiger partial charge in [0, 0.05) is 19.4 Å². The predicted molar refractivity (Wildman–Crippen MR) is 92.9 cm³/mol. The summed E-state index contributed by atoms with van der Waals surface area (Å²) in [4.78, 5) is 8.61. The molecular formula is C17H17N3O3S. The van der Waals surface area contributed by atoms with Crippen molar-refractivity contribution in [3.63, 3.8) is 0 Å². The van der Waals surface area contributed by atoms with Crippen LogP contribution >= 0.6 is 0 Å². The average Bonchev–Trinajstić information content (AvgIpc) is 2.60. The normalized spacial score (nSPS) is 11.5. The molecule has 6 nitrogen and oxygen atoms in total. The molecule has 0 atom stereocenters. The standard InChI is InChI=1S/C17H17N3O3S/c1-12-10-14(5-7-17(12)23-3)24(21,22)20(2)13-4-6-15-16(11-13)19-9-8-18-15/h4-11H,1-3H3. The molecule has 124 valence electrons. The lowest BCUT2D eigenvalue weighted by molar-refractivity contribution is 0.411. The zero-order valence-electron chi connectivity index (χ0n) is 13.6. The number of hydrogen-bond donors (Lipinski definition) is 0. The predicted octanol–water partition coefficient (Wildman–Crippen LogP) is 2.77. The average molecular weight is 343 g/mol. The van der Waals surface area contributed by atoms with Crippen molar-refractivity contribution in [3.8, 4) is 5.75 Å². The van der Waals surface area contributed by atoms with E-state index >= 15 is 0 Å². The number of hydrogen-bond acceptors (Lipinski definition) is 5. The second kappa shape index (κ2) is 6.09. The zero-order valence-corrected chi connectivity index (χ0v) is 14.4. The molecule has 0 N–H and O–H groups in total. The van der Waals surface area contributed by atoms with Crippen molar-refractivity contribution < 1.29 is 13.2 Å². The van der Waals surface area contributed by atoms with E-state index in [2.05, 4.69) is 9.97 Å². The lowest BCUT2D eigenvalue weighted by atomic mass is 10.2. The molecule has 2 aromatic carbocycles. The first-order valence-electron chi connectivity index (χ1n) is 7.28. The van der Waals surface area contributed by atoms with Gasteiger partial charge in [0.1, 0.15) is 5.75 Å². The van der Waals surface area contributed by atoms with E-state index in [-0.39, 0.29) is 4.90 Å². The summed E-state index contributed by atoms with van der Waals surface area (Å²) in [5, 5.41) is 0. The molecule has 0 aliphatic heterocycles. The fraction of sp³-hybridized carbons (Fsp3) is 0.176. The highest BCUT2D eigenvalue weighted by Crippen LogP contribution is 2.27. The SMILES string of the molecule is COc1ccc(S(=O)(=O)N(C)c2ccc3nccnc3c2)cc1C. The molecule has 0 fully saturated rings. The van der Waals surface area contributed by atoms with Gasteiger partial charge in [-0.3, -0.25) is 14.3 Å². The Labute approximate surface area is 140 Å². The highest BCUT2D eigenvalue weighted by Gasteiger charge is 2.22. The number of nitrogens with zero attached hydrogens (tertiary/aromatic N) is 3. The Kier molecular flexibility index (Phi) is 4.11. The van der Waals surface area contributed by atoms with Gasteiger partial charge in [0.05, 0.1) is 28.7 Å². The number of aryl methyl sites for hydroxylation is 1. The molecule has 0 saturated heterocycles. The van der Waals surface area contributed by atoms with E-state index in [0.717, 1.165) is 5.56 Å². The van der Waals surface area contributed by atoms with Crippen LogP contribution in [0.1, 0.15) is 5.56 Å². The van der Waals surface area contributed by atoms with Crippen LogP contribution < -0.4 is 9.04 Å². The molecule has 1 aromatic heterocycles. The summed E-state index contributed by atoms with van der Waals surface area (Å²) in [6.07, 6.45) is 3.18. The summed E-state index contributed by atoms with van der Waals surface area (Å²) in [5.41, 5.74) is 2.64. The molecule has 0 radical (unpaired) electrons. The molecular weight excluding hydrogens is 326 g/mol. The van der Waals surface area contributed by atoms with Crippen LogP contribution in [0.25, 0.3) is 11.0 Å². The van der Waals surface area contributed by atoms with Crippen LogP contribution in [-0.4, -0.2) is 32.5 Å². The second-order valence-corrected chi connectivity index (χ2v) is 7.30. The first-order chi connectivity index (χ1) is 11.4. The molecule has 0 unspecified atom stereocenters. The lowest BCUT2D eigenvalue weighted by Gasteiger charge is -2.20. The van der Waals surface area contributed by atoms with E-state index < -0.39 is 10.0 Å². The minimum atomic E-state index is -3.68. The molecule has 3 rings (SSSR count). The van der Waals surface area contributed by atoms with E-state index in [1.165, 1.54) is 11.4 Å². The number of fused-ring (bicyclic) bond motifs is 1. The van der Waals surface area contributed by atoms with Gasteiger partial charge in [-0.15, -0.1) is 0 Å². The molecule has 0 saturated carbocycles. The highest BCUT2D eigenvalue weighted by atomic mass is 32.2. The molecule has 0 aliphatic carbocycles. The van der Waals surface area contributed by atoms with Gasteiger partial charge in [0.15, 0.2) is 0 Å². The minimum Gasteiger partial charge on any atom is -0.496 e. The van der Waals surface area contributed by atoms with Gasteiger partial charge in [-0.05, 0) is 48.9 Å². The van der Waals surface area contributed by atoms with E-state index in [1.807, 2.05) is 6.92 Å². The molecule has 24 heavy (non-hydrogen) atoms. The van der Waals surface area contributed by atoms with Crippen LogP contribution in [0.4, 0.5) is 5.69 Å². The minimum absolute atomic E-state index is 0.211. The maximum Gasteiger partial charge on any atom is 0.264 e. The Bertz CT molecular complexity index is 1000. The first-order valence-corrected chi connectivity index (χ1v) is 8.72. The molecule has 0 amide bonds. The van der Waals surface area contributed by atoms with Crippen LogP contribution in [0.15, 0.2) is 53.7 Å². The molecule has 0 bridgehead atoms. The third-order valence-electron chi connectivity index (χ3n) is 3.84. The topological polar surface area (TPSA) is 72.4 Å². The van der Waals surface area contributed by atoms with E-state index in [1.54, 1.807) is 55.9 Å². The van der Waals surface area contributed by atoms with Crippen LogP contribution in [-0.2, 0) is 10.0 Å². The van der Waals surface area contributed by atoms with Gasteiger partial charge in [0.2, 0.25) is 0 Å². The zero-order chi connectivity index (χ0) is 17.3. The summed E-state index contributed by atoms with van der Waals surface area (Å²) in [7, 11) is -0.604. The maximum absolute atomic E-state index is 12.9. The van der Waals surface area contributed by atoms with E-state index in [0.29, 0.717) is 22.5 Å². The maximum atomic E-state index is 12.9. The smallest absolute Gasteiger partial charge is 0.264 e. The number of anilines is 1. The van der Waals surface area contributed by atoms with Crippen molar-refractivity contribution in [1.82, 2.24) is 9.97 Å². The van der Waals surface area contributed by atoms with Crippen LogP contribution in [0.2, 0.25) is 0 Å². The Morgan fingerprint density at radius 1 is 1.00 bits per heavy atom. The second-order valence-electron chi connectivity index (χ2n) is 5.33. The Balaban J connectivity index is 2.03. The Morgan fingerprint density at radius 2 is 1.71 bits per heavy atom. The van der Waals surface area contributed by atoms with Crippen LogP contribution in [0.3, 0.4) is 0 Å². The van der Waals surface area contributed by atoms with Crippen molar-refractivity contribution in [2.75, 3.05) is 18.5 Å². The molecule has 1 heterocycles. The first kappa shape index (κ1) is 16.2. The monoisotopic (exact) mass is 343 g/mol. The fourth-order valence-corrected chi connectivity index (χ4v) is 3.73. The van der Waals surface area contributed by atoms with Gasteiger partial charge < -0.3 is 4.74 Å². The summed E-state index contributed by atoms with van der Waals surface area (Å²) >= 11 is 0. The van der Waals surface area contributed by atoms with Gasteiger partial charge >= 0.3 is 0 Å². The van der Waals surface area contributed by atoms with Crippen LogP contribution in [0.5, 0.6) is 5.75 Å². The van der Waals surface area contributed by atoms with E-state index in [9.17, 15) is 8.42 Å². The largest absolute Gasteiger partial charge is 0.496 e. The van der Waals surface area contributed by atoms with Crippen molar-refractivity contribution in [3.05, 3.63) is 54.4 Å². The van der Waals surface area contributed by atoms with Gasteiger partial charge in [-0.25, -0.2) is 8.42 Å². The molecule has 3 aromatic rings. The lowest BCUT2D eigenvalue weighted by Crippen LogP contribution is -2.26. The van der Waals surface area contributed by atoms with Crippen molar-refractivity contribution >= 4 is 26.7 Å². The number of ether oxygens (including phenoxy) is 1. The summed E-state index contributed by atoms with van der Waals surface area (Å²) in [6, 6.07) is 9.97. The van der Waals surface area contributed by atoms with Gasteiger partial charge in [0.25, 0.3) is 10.0 Å². The van der Waals surface area contributed by atoms with Crippen molar-refractivity contribution in [2.45, 2.75) is 11.8 Å². The van der Waals surface area contributed by atoms with Crippen molar-refractivity contribution in [1.29, 1.82) is 0 Å². The summed E-state index contributed by atoms with van der Waals surface area (Å²) in [5.74, 6) is 0.651. The van der Waals surface area contributed by atoms with Crippen molar-refractivity contribution in [2.24, 2.45) is 0 Å².